The number of hydrogen-bond acceptors (Lipinski definition) is 4. The van der Waals surface area contributed by atoms with Crippen molar-refractivity contribution in [3.8, 4) is 0 Å². The van der Waals surface area contributed by atoms with Gasteiger partial charge in [-0.2, -0.15) is 0 Å². The lowest BCUT2D eigenvalue weighted by atomic mass is 9.98. The molecular formula is C13H21ClN4O3. The van der Waals surface area contributed by atoms with Crippen LogP contribution in [-0.4, -0.2) is 58.9 Å². The SMILES string of the molecule is Cl.N[C@@H]1CCN(C(=O)CN2C(=O)NC3(CCCC3)C2=O)C1. The van der Waals surface area contributed by atoms with Crippen molar-refractivity contribution >= 4 is 30.3 Å². The average Bonchev–Trinajstić information content (AvgIpc) is 3.08. The highest BCUT2D eigenvalue weighted by Crippen LogP contribution is 2.34. The Balaban J connectivity index is 0.00000161. The Morgan fingerprint density at radius 3 is 2.57 bits per heavy atom. The van der Waals surface area contributed by atoms with Crippen molar-refractivity contribution in [2.45, 2.75) is 43.7 Å². The number of hydrogen-bond donors (Lipinski definition) is 2. The van der Waals surface area contributed by atoms with E-state index in [0.29, 0.717) is 25.9 Å². The summed E-state index contributed by atoms with van der Waals surface area (Å²) in [6.45, 7) is 0.946. The Hall–Kier alpha value is -1.34. The van der Waals surface area contributed by atoms with Gasteiger partial charge in [-0.15, -0.1) is 12.4 Å². The van der Waals surface area contributed by atoms with Crippen LogP contribution < -0.4 is 11.1 Å². The zero-order valence-corrected chi connectivity index (χ0v) is 12.7. The summed E-state index contributed by atoms with van der Waals surface area (Å²) in [5.41, 5.74) is 5.03. The van der Waals surface area contributed by atoms with Crippen molar-refractivity contribution in [1.82, 2.24) is 15.1 Å². The second-order valence-corrected chi connectivity index (χ2v) is 6.00. The van der Waals surface area contributed by atoms with Crippen LogP contribution in [-0.2, 0) is 9.59 Å². The molecule has 3 N–H and O–H groups in total. The number of carbonyl (C=O) groups excluding carboxylic acids is 3. The van der Waals surface area contributed by atoms with E-state index in [4.69, 9.17) is 5.73 Å². The first-order valence-corrected chi connectivity index (χ1v) is 7.19. The summed E-state index contributed by atoms with van der Waals surface area (Å²) in [5, 5.41) is 2.78. The van der Waals surface area contributed by atoms with Gasteiger partial charge in [0, 0.05) is 19.1 Å². The van der Waals surface area contributed by atoms with Gasteiger partial charge < -0.3 is 16.0 Å². The summed E-state index contributed by atoms with van der Waals surface area (Å²) in [5.74, 6) is -0.437. The predicted molar refractivity (Wildman–Crippen MR) is 77.9 cm³/mol. The maximum absolute atomic E-state index is 12.4. The van der Waals surface area contributed by atoms with Gasteiger partial charge in [-0.1, -0.05) is 12.8 Å². The number of nitrogens with one attached hydrogen (secondary N) is 1. The van der Waals surface area contributed by atoms with E-state index < -0.39 is 11.6 Å². The Kier molecular flexibility index (Phi) is 4.43. The molecule has 4 amide bonds. The van der Waals surface area contributed by atoms with Gasteiger partial charge in [0.2, 0.25) is 5.91 Å². The van der Waals surface area contributed by atoms with E-state index in [1.807, 2.05) is 0 Å². The third-order valence-corrected chi connectivity index (χ3v) is 4.57. The third kappa shape index (κ3) is 2.72. The summed E-state index contributed by atoms with van der Waals surface area (Å²) in [7, 11) is 0. The maximum atomic E-state index is 12.4. The van der Waals surface area contributed by atoms with Crippen LogP contribution in [0, 0.1) is 0 Å². The normalized spacial score (nSPS) is 27.2. The molecule has 1 atom stereocenters. The first kappa shape index (κ1) is 16.0. The van der Waals surface area contributed by atoms with Crippen molar-refractivity contribution in [1.29, 1.82) is 0 Å². The second-order valence-electron chi connectivity index (χ2n) is 6.00. The van der Waals surface area contributed by atoms with Crippen molar-refractivity contribution in [3.63, 3.8) is 0 Å². The number of nitrogens with zero attached hydrogens (tertiary/aromatic N) is 2. The first-order chi connectivity index (χ1) is 9.52. The van der Waals surface area contributed by atoms with Gasteiger partial charge in [-0.3, -0.25) is 14.5 Å². The molecule has 3 rings (SSSR count). The van der Waals surface area contributed by atoms with Crippen LogP contribution in [0.1, 0.15) is 32.1 Å². The fraction of sp³-hybridized carbons (Fsp3) is 0.769. The highest BCUT2D eigenvalue weighted by Gasteiger charge is 2.52. The fourth-order valence-electron chi connectivity index (χ4n) is 3.39. The number of amides is 4. The van der Waals surface area contributed by atoms with Crippen LogP contribution in [0.5, 0.6) is 0 Å². The topological polar surface area (TPSA) is 95.7 Å². The van der Waals surface area contributed by atoms with E-state index in [1.54, 1.807) is 4.90 Å². The summed E-state index contributed by atoms with van der Waals surface area (Å²) in [6, 6.07) is -0.433. The summed E-state index contributed by atoms with van der Waals surface area (Å²) in [6.07, 6.45) is 4.01. The Bertz CT molecular complexity index is 464. The van der Waals surface area contributed by atoms with Gasteiger partial charge in [0.1, 0.15) is 12.1 Å². The van der Waals surface area contributed by atoms with E-state index >= 15 is 0 Å². The monoisotopic (exact) mass is 316 g/mol. The molecule has 0 aromatic carbocycles. The summed E-state index contributed by atoms with van der Waals surface area (Å²) in [4.78, 5) is 39.2. The highest BCUT2D eigenvalue weighted by molar-refractivity contribution is 6.09. The van der Waals surface area contributed by atoms with Crippen LogP contribution >= 0.6 is 12.4 Å². The van der Waals surface area contributed by atoms with Crippen molar-refractivity contribution in [3.05, 3.63) is 0 Å². The lowest BCUT2D eigenvalue weighted by Gasteiger charge is -2.21. The smallest absolute Gasteiger partial charge is 0.325 e. The molecule has 0 bridgehead atoms. The van der Waals surface area contributed by atoms with Crippen LogP contribution in [0.2, 0.25) is 0 Å². The molecule has 1 aliphatic carbocycles. The molecule has 2 heterocycles. The summed E-state index contributed by atoms with van der Waals surface area (Å²) >= 11 is 0. The molecule has 2 saturated heterocycles. The minimum atomic E-state index is -0.737. The third-order valence-electron chi connectivity index (χ3n) is 4.57. The zero-order valence-electron chi connectivity index (χ0n) is 11.8. The molecule has 1 spiro atoms. The molecule has 0 unspecified atom stereocenters. The molecule has 3 fully saturated rings. The zero-order chi connectivity index (χ0) is 14.3. The van der Waals surface area contributed by atoms with Crippen molar-refractivity contribution < 1.29 is 14.4 Å². The molecule has 0 aromatic heterocycles. The number of imide groups is 1. The lowest BCUT2D eigenvalue weighted by molar-refractivity contribution is -0.138. The second kappa shape index (κ2) is 5.81. The van der Waals surface area contributed by atoms with Gasteiger partial charge in [-0.05, 0) is 19.3 Å². The van der Waals surface area contributed by atoms with Gasteiger partial charge >= 0.3 is 6.03 Å². The van der Waals surface area contributed by atoms with Crippen molar-refractivity contribution in [2.75, 3.05) is 19.6 Å². The van der Waals surface area contributed by atoms with Crippen LogP contribution in [0.15, 0.2) is 0 Å². The molecule has 1 saturated carbocycles. The molecule has 0 radical (unpaired) electrons. The van der Waals surface area contributed by atoms with Gasteiger partial charge in [0.15, 0.2) is 0 Å². The first-order valence-electron chi connectivity index (χ1n) is 7.19. The van der Waals surface area contributed by atoms with E-state index in [9.17, 15) is 14.4 Å². The van der Waals surface area contributed by atoms with Crippen LogP contribution in [0.25, 0.3) is 0 Å². The van der Waals surface area contributed by atoms with Gasteiger partial charge in [-0.25, -0.2) is 4.79 Å². The van der Waals surface area contributed by atoms with E-state index in [-0.39, 0.29) is 36.8 Å². The Labute approximate surface area is 129 Å². The summed E-state index contributed by atoms with van der Waals surface area (Å²) < 4.78 is 0. The number of halogens is 1. The highest BCUT2D eigenvalue weighted by atomic mass is 35.5. The quantitative estimate of drug-likeness (QED) is 0.692. The number of likely N-dealkylation sites (tertiary alicyclic amines) is 1. The largest absolute Gasteiger partial charge is 0.340 e. The molecule has 2 aliphatic heterocycles. The molecule has 118 valence electrons. The van der Waals surface area contributed by atoms with Crippen LogP contribution in [0.4, 0.5) is 4.79 Å². The lowest BCUT2D eigenvalue weighted by Crippen LogP contribution is -2.46. The van der Waals surface area contributed by atoms with Gasteiger partial charge in [0.25, 0.3) is 5.91 Å². The molecule has 21 heavy (non-hydrogen) atoms. The molecular weight excluding hydrogens is 296 g/mol. The number of carbonyl (C=O) groups is 3. The molecule has 0 aromatic rings. The van der Waals surface area contributed by atoms with E-state index in [2.05, 4.69) is 5.32 Å². The molecule has 8 heteroatoms. The number of nitrogens with two attached hydrogens (primary N) is 1. The fourth-order valence-corrected chi connectivity index (χ4v) is 3.39. The van der Waals surface area contributed by atoms with E-state index in [1.165, 1.54) is 0 Å². The number of rotatable bonds is 2. The van der Waals surface area contributed by atoms with Gasteiger partial charge in [0.05, 0.1) is 0 Å². The average molecular weight is 317 g/mol. The van der Waals surface area contributed by atoms with Crippen molar-refractivity contribution in [2.24, 2.45) is 5.73 Å². The standard InChI is InChI=1S/C13H20N4O3.ClH/c14-9-3-6-16(7-9)10(18)8-17-11(19)13(15-12(17)20)4-1-2-5-13;/h9H,1-8,14H2,(H,15,20);1H/t9-;/m1./s1. The van der Waals surface area contributed by atoms with Crippen LogP contribution in [0.3, 0.4) is 0 Å². The minimum Gasteiger partial charge on any atom is -0.340 e. The number of urea groups is 1. The molecule has 3 aliphatic rings. The Morgan fingerprint density at radius 1 is 1.33 bits per heavy atom. The van der Waals surface area contributed by atoms with E-state index in [0.717, 1.165) is 24.2 Å². The minimum absolute atomic E-state index is 0. The Morgan fingerprint density at radius 2 is 2.00 bits per heavy atom. The molecule has 7 nitrogen and oxygen atoms in total. The predicted octanol–water partition coefficient (Wildman–Crippen LogP) is -0.168. The maximum Gasteiger partial charge on any atom is 0.325 e.